The van der Waals surface area contributed by atoms with E-state index in [2.05, 4.69) is 0 Å². The van der Waals surface area contributed by atoms with Crippen molar-refractivity contribution in [3.63, 3.8) is 0 Å². The molecule has 0 amide bonds. The van der Waals surface area contributed by atoms with E-state index in [1.54, 1.807) is 0 Å². The molecule has 0 fully saturated rings. The van der Waals surface area contributed by atoms with E-state index in [0.29, 0.717) is 10.8 Å². The minimum absolute atomic E-state index is 0.0700. The molecule has 0 bridgehead atoms. The molecule has 1 aromatic rings. The lowest BCUT2D eigenvalue weighted by Gasteiger charge is -1.99. The van der Waals surface area contributed by atoms with Gasteiger partial charge >= 0.3 is 0 Å². The molecule has 5 heteroatoms. The van der Waals surface area contributed by atoms with Gasteiger partial charge in [0.15, 0.2) is 0 Å². The molecule has 12 heavy (non-hydrogen) atoms. The van der Waals surface area contributed by atoms with Crippen LogP contribution in [0.2, 0.25) is 5.02 Å². The summed E-state index contributed by atoms with van der Waals surface area (Å²) in [4.78, 5) is 9.79. The summed E-state index contributed by atoms with van der Waals surface area (Å²) < 4.78 is 4.80. The standard InChI is InChI=1S/C7H6ClNO3/c1-12-7-3-5(8)2-6(4-7)9(10)11/h2-4H,1H3. The molecule has 0 atom stereocenters. The zero-order chi connectivity index (χ0) is 9.14. The van der Waals surface area contributed by atoms with Gasteiger partial charge in [0.25, 0.3) is 5.69 Å². The lowest BCUT2D eigenvalue weighted by molar-refractivity contribution is -0.384. The number of nitrogens with zero attached hydrogens (tertiary/aromatic N) is 1. The van der Waals surface area contributed by atoms with Gasteiger partial charge in [-0.05, 0) is 6.07 Å². The summed E-state index contributed by atoms with van der Waals surface area (Å²) in [6, 6.07) is 4.09. The van der Waals surface area contributed by atoms with Crippen LogP contribution < -0.4 is 4.74 Å². The van der Waals surface area contributed by atoms with Crippen molar-refractivity contribution in [3.05, 3.63) is 33.3 Å². The van der Waals surface area contributed by atoms with Crippen LogP contribution in [0.15, 0.2) is 18.2 Å². The highest BCUT2D eigenvalue weighted by molar-refractivity contribution is 6.30. The summed E-state index contributed by atoms with van der Waals surface area (Å²) >= 11 is 5.59. The number of rotatable bonds is 2. The van der Waals surface area contributed by atoms with Crippen LogP contribution in [-0.4, -0.2) is 12.0 Å². The lowest BCUT2D eigenvalue weighted by Crippen LogP contribution is -1.89. The van der Waals surface area contributed by atoms with Gasteiger partial charge in [-0.3, -0.25) is 10.1 Å². The van der Waals surface area contributed by atoms with Crippen molar-refractivity contribution in [1.82, 2.24) is 0 Å². The van der Waals surface area contributed by atoms with Crippen LogP contribution in [0.3, 0.4) is 0 Å². The quantitative estimate of drug-likeness (QED) is 0.527. The van der Waals surface area contributed by atoms with Gasteiger partial charge < -0.3 is 4.74 Å². The average molecular weight is 188 g/mol. The third kappa shape index (κ3) is 1.85. The number of benzene rings is 1. The summed E-state index contributed by atoms with van der Waals surface area (Å²) in [5.41, 5.74) is -0.0700. The van der Waals surface area contributed by atoms with Gasteiger partial charge in [0.05, 0.1) is 23.1 Å². The predicted molar refractivity (Wildman–Crippen MR) is 44.7 cm³/mol. The number of methoxy groups -OCH3 is 1. The van der Waals surface area contributed by atoms with E-state index >= 15 is 0 Å². The first-order valence-corrected chi connectivity index (χ1v) is 3.50. The van der Waals surface area contributed by atoms with Gasteiger partial charge in [-0.15, -0.1) is 0 Å². The number of non-ortho nitro benzene ring substituents is 1. The van der Waals surface area contributed by atoms with Gasteiger partial charge in [-0.25, -0.2) is 0 Å². The summed E-state index contributed by atoms with van der Waals surface area (Å²) in [6.07, 6.45) is 0. The molecule has 0 aliphatic carbocycles. The number of hydrogen-bond acceptors (Lipinski definition) is 3. The number of halogens is 1. The first-order valence-electron chi connectivity index (χ1n) is 3.12. The Morgan fingerprint density at radius 3 is 2.67 bits per heavy atom. The van der Waals surface area contributed by atoms with Gasteiger partial charge in [0.2, 0.25) is 0 Å². The second-order valence-electron chi connectivity index (χ2n) is 2.11. The molecule has 64 valence electrons. The first kappa shape index (κ1) is 8.80. The molecule has 0 saturated heterocycles. The van der Waals surface area contributed by atoms with E-state index in [0.717, 1.165) is 0 Å². The molecule has 0 N–H and O–H groups in total. The van der Waals surface area contributed by atoms with Crippen molar-refractivity contribution in [1.29, 1.82) is 0 Å². The fraction of sp³-hybridized carbons (Fsp3) is 0.143. The molecule has 1 aromatic carbocycles. The normalized spacial score (nSPS) is 9.50. The Morgan fingerprint density at radius 1 is 1.50 bits per heavy atom. The molecule has 0 aliphatic rings. The zero-order valence-electron chi connectivity index (χ0n) is 6.28. The molecule has 4 nitrogen and oxygen atoms in total. The van der Waals surface area contributed by atoms with Crippen molar-refractivity contribution in [2.24, 2.45) is 0 Å². The minimum Gasteiger partial charge on any atom is -0.496 e. The average Bonchev–Trinajstić information content (AvgIpc) is 2.03. The first-order chi connectivity index (χ1) is 5.63. The van der Waals surface area contributed by atoms with Crippen LogP contribution in [0, 0.1) is 10.1 Å². The van der Waals surface area contributed by atoms with Crippen molar-refractivity contribution >= 4 is 17.3 Å². The second-order valence-corrected chi connectivity index (χ2v) is 2.54. The van der Waals surface area contributed by atoms with Crippen molar-refractivity contribution in [3.8, 4) is 5.75 Å². The Labute approximate surface area is 73.9 Å². The monoisotopic (exact) mass is 187 g/mol. The van der Waals surface area contributed by atoms with Crippen molar-refractivity contribution in [2.45, 2.75) is 0 Å². The molecule has 0 radical (unpaired) electrons. The molecular weight excluding hydrogens is 182 g/mol. The molecule has 0 aromatic heterocycles. The van der Waals surface area contributed by atoms with E-state index in [1.165, 1.54) is 25.3 Å². The number of nitro groups is 1. The minimum atomic E-state index is -0.519. The van der Waals surface area contributed by atoms with Gasteiger partial charge in [-0.2, -0.15) is 0 Å². The maximum Gasteiger partial charge on any atom is 0.274 e. The Balaban J connectivity index is 3.15. The molecule has 0 spiro atoms. The van der Waals surface area contributed by atoms with Gasteiger partial charge in [-0.1, -0.05) is 11.6 Å². The highest BCUT2D eigenvalue weighted by Crippen LogP contribution is 2.25. The topological polar surface area (TPSA) is 52.4 Å². The fourth-order valence-corrected chi connectivity index (χ4v) is 0.991. The number of nitro benzene ring substituents is 1. The van der Waals surface area contributed by atoms with Gasteiger partial charge in [0.1, 0.15) is 5.75 Å². The van der Waals surface area contributed by atoms with Crippen LogP contribution in [0.4, 0.5) is 5.69 Å². The lowest BCUT2D eigenvalue weighted by atomic mass is 10.3. The Hall–Kier alpha value is -1.29. The third-order valence-corrected chi connectivity index (χ3v) is 1.52. The second kappa shape index (κ2) is 3.40. The Kier molecular flexibility index (Phi) is 2.50. The van der Waals surface area contributed by atoms with Crippen molar-refractivity contribution < 1.29 is 9.66 Å². The Bertz CT molecular complexity index is 314. The summed E-state index contributed by atoms with van der Waals surface area (Å²) in [5.74, 6) is 0.384. The highest BCUT2D eigenvalue weighted by Gasteiger charge is 2.08. The maximum absolute atomic E-state index is 10.3. The molecular formula is C7H6ClNO3. The molecule has 1 rings (SSSR count). The molecule has 0 aliphatic heterocycles. The molecule has 0 heterocycles. The largest absolute Gasteiger partial charge is 0.496 e. The van der Waals surface area contributed by atoms with Crippen molar-refractivity contribution in [2.75, 3.05) is 7.11 Å². The number of hydrogen-bond donors (Lipinski definition) is 0. The smallest absolute Gasteiger partial charge is 0.274 e. The predicted octanol–water partition coefficient (Wildman–Crippen LogP) is 2.26. The Morgan fingerprint density at radius 2 is 2.17 bits per heavy atom. The van der Waals surface area contributed by atoms with Crippen LogP contribution in [0.5, 0.6) is 5.75 Å². The van der Waals surface area contributed by atoms with E-state index in [4.69, 9.17) is 16.3 Å². The van der Waals surface area contributed by atoms with Crippen LogP contribution in [0.25, 0.3) is 0 Å². The fourth-order valence-electron chi connectivity index (χ4n) is 0.771. The van der Waals surface area contributed by atoms with E-state index in [1.807, 2.05) is 0 Å². The molecule has 0 saturated carbocycles. The van der Waals surface area contributed by atoms with Crippen LogP contribution in [-0.2, 0) is 0 Å². The zero-order valence-corrected chi connectivity index (χ0v) is 7.04. The van der Waals surface area contributed by atoms with Crippen LogP contribution >= 0.6 is 11.6 Å². The summed E-state index contributed by atoms with van der Waals surface area (Å²) in [6.45, 7) is 0. The summed E-state index contributed by atoms with van der Waals surface area (Å²) in [7, 11) is 1.43. The van der Waals surface area contributed by atoms with Gasteiger partial charge in [0, 0.05) is 6.07 Å². The highest BCUT2D eigenvalue weighted by atomic mass is 35.5. The van der Waals surface area contributed by atoms with E-state index in [9.17, 15) is 10.1 Å². The number of ether oxygens (including phenoxy) is 1. The van der Waals surface area contributed by atoms with E-state index < -0.39 is 4.92 Å². The van der Waals surface area contributed by atoms with E-state index in [-0.39, 0.29) is 5.69 Å². The van der Waals surface area contributed by atoms with Crippen LogP contribution in [0.1, 0.15) is 0 Å². The SMILES string of the molecule is COc1cc(Cl)cc([N+](=O)[O-])c1. The third-order valence-electron chi connectivity index (χ3n) is 1.30. The summed E-state index contributed by atoms with van der Waals surface area (Å²) in [5, 5.41) is 10.6. The maximum atomic E-state index is 10.3. The molecule has 0 unspecified atom stereocenters.